The minimum Gasteiger partial charge on any atom is -0.480 e. The monoisotopic (exact) mass is 237 g/mol. The summed E-state index contributed by atoms with van der Waals surface area (Å²) in [5, 5.41) is 18.1. The number of carbonyl (C=O) groups excluding carboxylic acids is 1. The van der Waals surface area contributed by atoms with Gasteiger partial charge in [0.2, 0.25) is 0 Å². The number of carboxylic acids is 1. The number of nitrogens with zero attached hydrogens (tertiary/aromatic N) is 1. The molecule has 1 aromatic heterocycles. The maximum atomic E-state index is 11.8. The molecule has 1 aliphatic carbocycles. The van der Waals surface area contributed by atoms with Crippen LogP contribution >= 0.6 is 0 Å². The van der Waals surface area contributed by atoms with Gasteiger partial charge >= 0.3 is 5.97 Å². The van der Waals surface area contributed by atoms with Crippen molar-refractivity contribution >= 4 is 11.9 Å². The number of amides is 1. The van der Waals surface area contributed by atoms with Gasteiger partial charge in [-0.25, -0.2) is 4.79 Å². The standard InChI is InChI=1S/C11H15N3O3/c15-9(8-6-12-13-7-8)14-11(10(16)17)4-2-1-3-5-11/h6-7H,1-5H2,(H,12,13)(H,14,15)(H,16,17). The third-order valence-electron chi connectivity index (χ3n) is 3.23. The van der Waals surface area contributed by atoms with Gasteiger partial charge in [-0.15, -0.1) is 0 Å². The zero-order valence-corrected chi connectivity index (χ0v) is 9.40. The van der Waals surface area contributed by atoms with Crippen molar-refractivity contribution < 1.29 is 14.7 Å². The van der Waals surface area contributed by atoms with Gasteiger partial charge < -0.3 is 10.4 Å². The number of hydrogen-bond donors (Lipinski definition) is 3. The predicted octanol–water partition coefficient (Wildman–Crippen LogP) is 0.927. The lowest BCUT2D eigenvalue weighted by Gasteiger charge is -2.33. The molecule has 0 atom stereocenters. The van der Waals surface area contributed by atoms with E-state index in [0.717, 1.165) is 19.3 Å². The Hall–Kier alpha value is -1.85. The van der Waals surface area contributed by atoms with Gasteiger partial charge in [0.15, 0.2) is 0 Å². The lowest BCUT2D eigenvalue weighted by Crippen LogP contribution is -2.55. The fraction of sp³-hybridized carbons (Fsp3) is 0.545. The summed E-state index contributed by atoms with van der Waals surface area (Å²) in [7, 11) is 0. The van der Waals surface area contributed by atoms with Crippen molar-refractivity contribution in [3.8, 4) is 0 Å². The van der Waals surface area contributed by atoms with E-state index in [1.165, 1.54) is 12.4 Å². The molecule has 0 spiro atoms. The fourth-order valence-electron chi connectivity index (χ4n) is 2.21. The van der Waals surface area contributed by atoms with Crippen LogP contribution in [0.25, 0.3) is 0 Å². The third-order valence-corrected chi connectivity index (χ3v) is 3.23. The van der Waals surface area contributed by atoms with Crippen LogP contribution in [0.4, 0.5) is 0 Å². The first-order chi connectivity index (χ1) is 8.14. The molecule has 0 aliphatic heterocycles. The van der Waals surface area contributed by atoms with Crippen molar-refractivity contribution in [3.63, 3.8) is 0 Å². The topological polar surface area (TPSA) is 95.1 Å². The molecule has 6 heteroatoms. The first kappa shape index (κ1) is 11.6. The van der Waals surface area contributed by atoms with Crippen LogP contribution in [0.15, 0.2) is 12.4 Å². The molecule has 0 unspecified atom stereocenters. The van der Waals surface area contributed by atoms with Crippen molar-refractivity contribution in [1.82, 2.24) is 15.5 Å². The maximum absolute atomic E-state index is 11.8. The lowest BCUT2D eigenvalue weighted by molar-refractivity contribution is -0.145. The largest absolute Gasteiger partial charge is 0.480 e. The molecule has 92 valence electrons. The van der Waals surface area contributed by atoms with E-state index in [2.05, 4.69) is 15.5 Å². The molecule has 3 N–H and O–H groups in total. The highest BCUT2D eigenvalue weighted by Gasteiger charge is 2.41. The second-order valence-corrected chi connectivity index (χ2v) is 4.39. The van der Waals surface area contributed by atoms with Crippen molar-refractivity contribution in [1.29, 1.82) is 0 Å². The summed E-state index contributed by atoms with van der Waals surface area (Å²) in [5.41, 5.74) is -0.747. The molecule has 0 aromatic carbocycles. The van der Waals surface area contributed by atoms with E-state index in [-0.39, 0.29) is 5.91 Å². The molecule has 1 fully saturated rings. The first-order valence-corrected chi connectivity index (χ1v) is 5.69. The molecule has 1 saturated carbocycles. The van der Waals surface area contributed by atoms with Crippen molar-refractivity contribution in [2.45, 2.75) is 37.6 Å². The summed E-state index contributed by atoms with van der Waals surface area (Å²) in [6.45, 7) is 0. The Morgan fingerprint density at radius 1 is 1.35 bits per heavy atom. The summed E-state index contributed by atoms with van der Waals surface area (Å²) < 4.78 is 0. The Morgan fingerprint density at radius 2 is 2.06 bits per heavy atom. The highest BCUT2D eigenvalue weighted by atomic mass is 16.4. The first-order valence-electron chi connectivity index (χ1n) is 5.69. The molecule has 6 nitrogen and oxygen atoms in total. The summed E-state index contributed by atoms with van der Waals surface area (Å²) in [6, 6.07) is 0. The summed E-state index contributed by atoms with van der Waals surface area (Å²) in [6.07, 6.45) is 6.51. The van der Waals surface area contributed by atoms with Gasteiger partial charge in [-0.3, -0.25) is 9.89 Å². The summed E-state index contributed by atoms with van der Waals surface area (Å²) in [4.78, 5) is 23.2. The van der Waals surface area contributed by atoms with Gasteiger partial charge in [-0.1, -0.05) is 19.3 Å². The predicted molar refractivity (Wildman–Crippen MR) is 59.5 cm³/mol. The number of carbonyl (C=O) groups is 2. The van der Waals surface area contributed by atoms with Crippen LogP contribution in [0, 0.1) is 0 Å². The lowest BCUT2D eigenvalue weighted by atomic mass is 9.81. The van der Waals surface area contributed by atoms with Gasteiger partial charge in [0.1, 0.15) is 5.54 Å². The van der Waals surface area contributed by atoms with E-state index in [1.54, 1.807) is 0 Å². The van der Waals surface area contributed by atoms with E-state index >= 15 is 0 Å². The molecule has 1 aromatic rings. The molecule has 0 radical (unpaired) electrons. The van der Waals surface area contributed by atoms with E-state index in [9.17, 15) is 14.7 Å². The maximum Gasteiger partial charge on any atom is 0.329 e. The van der Waals surface area contributed by atoms with Gasteiger partial charge in [0.05, 0.1) is 11.8 Å². The van der Waals surface area contributed by atoms with E-state index < -0.39 is 11.5 Å². The van der Waals surface area contributed by atoms with Crippen LogP contribution in [-0.4, -0.2) is 32.7 Å². The number of H-pyrrole nitrogens is 1. The molecule has 17 heavy (non-hydrogen) atoms. The van der Waals surface area contributed by atoms with Gasteiger partial charge in [-0.05, 0) is 12.8 Å². The average molecular weight is 237 g/mol. The van der Waals surface area contributed by atoms with E-state index in [0.29, 0.717) is 18.4 Å². The van der Waals surface area contributed by atoms with Crippen LogP contribution in [0.3, 0.4) is 0 Å². The zero-order valence-electron chi connectivity index (χ0n) is 9.40. The van der Waals surface area contributed by atoms with Gasteiger partial charge in [-0.2, -0.15) is 5.10 Å². The van der Waals surface area contributed by atoms with Crippen molar-refractivity contribution in [2.75, 3.05) is 0 Å². The van der Waals surface area contributed by atoms with E-state index in [1.807, 2.05) is 0 Å². The summed E-state index contributed by atoms with van der Waals surface area (Å²) >= 11 is 0. The van der Waals surface area contributed by atoms with Crippen molar-refractivity contribution in [3.05, 3.63) is 18.0 Å². The highest BCUT2D eigenvalue weighted by Crippen LogP contribution is 2.28. The molecular formula is C11H15N3O3. The number of aromatic nitrogens is 2. The molecule has 0 bridgehead atoms. The number of aromatic amines is 1. The highest BCUT2D eigenvalue weighted by molar-refractivity contribution is 5.97. The number of rotatable bonds is 3. The number of hydrogen-bond acceptors (Lipinski definition) is 3. The molecule has 1 amide bonds. The number of nitrogens with one attached hydrogen (secondary N) is 2. The third kappa shape index (κ3) is 2.30. The smallest absolute Gasteiger partial charge is 0.329 e. The Labute approximate surface area is 98.4 Å². The Morgan fingerprint density at radius 3 is 2.59 bits per heavy atom. The van der Waals surface area contributed by atoms with E-state index in [4.69, 9.17) is 0 Å². The Balaban J connectivity index is 2.13. The Bertz CT molecular complexity index is 408. The fourth-order valence-corrected chi connectivity index (χ4v) is 2.21. The number of carboxylic acid groups (broad SMARTS) is 1. The van der Waals surface area contributed by atoms with Crippen LogP contribution in [-0.2, 0) is 4.79 Å². The molecule has 1 aliphatic rings. The van der Waals surface area contributed by atoms with Gasteiger partial charge in [0.25, 0.3) is 5.91 Å². The minimum absolute atomic E-state index is 0.358. The Kier molecular flexibility index (Phi) is 3.12. The normalized spacial score (nSPS) is 18.6. The van der Waals surface area contributed by atoms with Crippen LogP contribution in [0.5, 0.6) is 0 Å². The SMILES string of the molecule is O=C(NC1(C(=O)O)CCCCC1)c1cn[nH]c1. The number of aliphatic carboxylic acids is 1. The molecule has 0 saturated heterocycles. The molecule has 1 heterocycles. The van der Waals surface area contributed by atoms with Crippen LogP contribution < -0.4 is 5.32 Å². The molecule has 2 rings (SSSR count). The summed E-state index contributed by atoms with van der Waals surface area (Å²) in [5.74, 6) is -1.34. The van der Waals surface area contributed by atoms with Crippen molar-refractivity contribution in [2.24, 2.45) is 0 Å². The minimum atomic E-state index is -1.10. The molecular weight excluding hydrogens is 222 g/mol. The zero-order chi connectivity index (χ0) is 12.3. The average Bonchev–Trinajstić information content (AvgIpc) is 2.83. The second-order valence-electron chi connectivity index (χ2n) is 4.39. The van der Waals surface area contributed by atoms with Gasteiger partial charge in [0, 0.05) is 6.20 Å². The quantitative estimate of drug-likeness (QED) is 0.728. The van der Waals surface area contributed by atoms with Crippen LogP contribution in [0.1, 0.15) is 42.5 Å². The second kappa shape index (κ2) is 4.57. The van der Waals surface area contributed by atoms with Crippen LogP contribution in [0.2, 0.25) is 0 Å².